The number of rotatable bonds is 2. The standard InChI is InChI=1S/C27H18N2OSi/c1-3-10-19(11-4-1)31(20-12-5-2-6-13-20)25-18-28-27-23-15-8-7-14-21(23)22-16-9-17-24(30-31)26(22)29(25)27/h1-18H. The Kier molecular flexibility index (Phi) is 3.30. The zero-order chi connectivity index (χ0) is 20.4. The summed E-state index contributed by atoms with van der Waals surface area (Å²) in [7, 11) is -2.80. The molecule has 1 aliphatic heterocycles. The van der Waals surface area contributed by atoms with Crippen LogP contribution in [0.3, 0.4) is 0 Å². The van der Waals surface area contributed by atoms with Gasteiger partial charge in [-0.25, -0.2) is 4.98 Å². The number of para-hydroxylation sites is 1. The number of aromatic nitrogens is 2. The summed E-state index contributed by atoms with van der Waals surface area (Å²) in [6, 6.07) is 36.3. The van der Waals surface area contributed by atoms with Crippen LogP contribution >= 0.6 is 0 Å². The summed E-state index contributed by atoms with van der Waals surface area (Å²) >= 11 is 0. The molecule has 0 spiro atoms. The molecule has 1 aliphatic rings. The number of hydrogen-bond donors (Lipinski definition) is 0. The van der Waals surface area contributed by atoms with E-state index in [-0.39, 0.29) is 0 Å². The van der Waals surface area contributed by atoms with Gasteiger partial charge >= 0.3 is 8.32 Å². The van der Waals surface area contributed by atoms with Crippen LogP contribution < -0.4 is 20.1 Å². The third-order valence-electron chi connectivity index (χ3n) is 6.43. The first-order chi connectivity index (χ1) is 15.4. The second-order valence-electron chi connectivity index (χ2n) is 8.02. The summed E-state index contributed by atoms with van der Waals surface area (Å²) < 4.78 is 9.50. The zero-order valence-electron chi connectivity index (χ0n) is 16.7. The molecule has 0 atom stereocenters. The van der Waals surface area contributed by atoms with Crippen LogP contribution in [0.4, 0.5) is 0 Å². The predicted molar refractivity (Wildman–Crippen MR) is 128 cm³/mol. The molecule has 3 heterocycles. The monoisotopic (exact) mass is 414 g/mol. The second kappa shape index (κ2) is 6.06. The third-order valence-corrected chi connectivity index (χ3v) is 10.3. The molecule has 7 rings (SSSR count). The van der Waals surface area contributed by atoms with E-state index < -0.39 is 8.32 Å². The van der Waals surface area contributed by atoms with E-state index in [1.807, 2.05) is 6.20 Å². The summed E-state index contributed by atoms with van der Waals surface area (Å²) in [5.41, 5.74) is 2.11. The summed E-state index contributed by atoms with van der Waals surface area (Å²) in [6.07, 6.45) is 2.05. The molecule has 0 saturated carbocycles. The molecule has 0 N–H and O–H groups in total. The van der Waals surface area contributed by atoms with E-state index >= 15 is 0 Å². The van der Waals surface area contributed by atoms with E-state index in [0.29, 0.717) is 0 Å². The van der Waals surface area contributed by atoms with Crippen LogP contribution in [0.25, 0.3) is 27.3 Å². The highest BCUT2D eigenvalue weighted by molar-refractivity contribution is 7.07. The Morgan fingerprint density at radius 3 is 1.94 bits per heavy atom. The zero-order valence-corrected chi connectivity index (χ0v) is 17.7. The van der Waals surface area contributed by atoms with Gasteiger partial charge in [0.05, 0.1) is 10.8 Å². The number of imidazole rings is 1. The van der Waals surface area contributed by atoms with E-state index in [2.05, 4.69) is 108 Å². The van der Waals surface area contributed by atoms with Crippen molar-refractivity contribution in [2.24, 2.45) is 0 Å². The van der Waals surface area contributed by atoms with Crippen molar-refractivity contribution in [1.82, 2.24) is 9.38 Å². The van der Waals surface area contributed by atoms with Crippen molar-refractivity contribution in [3.05, 3.63) is 109 Å². The first-order valence-corrected chi connectivity index (χ1v) is 12.4. The van der Waals surface area contributed by atoms with Gasteiger partial charge < -0.3 is 4.43 Å². The molecule has 3 nitrogen and oxygen atoms in total. The fourth-order valence-corrected chi connectivity index (χ4v) is 8.99. The maximum absolute atomic E-state index is 7.14. The Hall–Kier alpha value is -3.89. The minimum absolute atomic E-state index is 0.929. The van der Waals surface area contributed by atoms with Crippen LogP contribution in [-0.2, 0) is 0 Å². The lowest BCUT2D eigenvalue weighted by atomic mass is 10.1. The number of fused-ring (bicyclic) bond motifs is 3. The predicted octanol–water partition coefficient (Wildman–Crippen LogP) is 4.00. The third kappa shape index (κ3) is 2.09. The van der Waals surface area contributed by atoms with E-state index in [1.165, 1.54) is 26.5 Å². The Labute approximate surface area is 180 Å². The molecule has 0 unspecified atom stereocenters. The van der Waals surface area contributed by atoms with Gasteiger partial charge in [-0.3, -0.25) is 4.40 Å². The molecule has 2 aromatic heterocycles. The highest BCUT2D eigenvalue weighted by Gasteiger charge is 2.49. The Balaban J connectivity index is 1.73. The molecule has 4 heteroatoms. The molecule has 146 valence electrons. The number of hydrogen-bond acceptors (Lipinski definition) is 2. The molecule has 0 bridgehead atoms. The lowest BCUT2D eigenvalue weighted by molar-refractivity contribution is 0.574. The fraction of sp³-hybridized carbons (Fsp3) is 0. The van der Waals surface area contributed by atoms with Crippen molar-refractivity contribution in [2.75, 3.05) is 0 Å². The van der Waals surface area contributed by atoms with Crippen molar-refractivity contribution in [3.8, 4) is 5.75 Å². The molecule has 6 aromatic rings. The van der Waals surface area contributed by atoms with Crippen LogP contribution in [0.2, 0.25) is 0 Å². The van der Waals surface area contributed by atoms with Crippen molar-refractivity contribution >= 4 is 51.3 Å². The largest absolute Gasteiger partial charge is 0.528 e. The average Bonchev–Trinajstić information content (AvgIpc) is 3.31. The van der Waals surface area contributed by atoms with E-state index in [0.717, 1.165) is 22.2 Å². The van der Waals surface area contributed by atoms with E-state index in [9.17, 15) is 0 Å². The van der Waals surface area contributed by atoms with Gasteiger partial charge in [0, 0.05) is 17.0 Å². The van der Waals surface area contributed by atoms with Crippen LogP contribution in [0.15, 0.2) is 109 Å². The number of benzene rings is 4. The van der Waals surface area contributed by atoms with Crippen molar-refractivity contribution in [2.45, 2.75) is 0 Å². The van der Waals surface area contributed by atoms with Gasteiger partial charge in [0.2, 0.25) is 0 Å². The lowest BCUT2D eigenvalue weighted by Crippen LogP contribution is -2.73. The van der Waals surface area contributed by atoms with Crippen LogP contribution in [0.1, 0.15) is 0 Å². The smallest absolute Gasteiger partial charge is 0.365 e. The van der Waals surface area contributed by atoms with Crippen molar-refractivity contribution in [1.29, 1.82) is 0 Å². The number of pyridine rings is 1. The van der Waals surface area contributed by atoms with Crippen LogP contribution in [0.5, 0.6) is 5.75 Å². The fourth-order valence-electron chi connectivity index (χ4n) is 5.13. The highest BCUT2D eigenvalue weighted by atomic mass is 28.4. The molecule has 0 fully saturated rings. The topological polar surface area (TPSA) is 26.5 Å². The Morgan fingerprint density at radius 1 is 0.613 bits per heavy atom. The van der Waals surface area contributed by atoms with Gasteiger partial charge in [0.25, 0.3) is 0 Å². The lowest BCUT2D eigenvalue weighted by Gasteiger charge is -2.36. The van der Waals surface area contributed by atoms with Crippen LogP contribution in [-0.4, -0.2) is 17.7 Å². The first kappa shape index (κ1) is 16.9. The van der Waals surface area contributed by atoms with Crippen LogP contribution in [0, 0.1) is 0 Å². The van der Waals surface area contributed by atoms with Crippen molar-refractivity contribution in [3.63, 3.8) is 0 Å². The minimum atomic E-state index is -2.80. The van der Waals surface area contributed by atoms with Gasteiger partial charge in [0.15, 0.2) is 0 Å². The molecule has 0 saturated heterocycles. The maximum atomic E-state index is 7.14. The summed E-state index contributed by atoms with van der Waals surface area (Å²) in [5, 5.41) is 7.18. The first-order valence-electron chi connectivity index (χ1n) is 10.5. The quantitative estimate of drug-likeness (QED) is 0.316. The van der Waals surface area contributed by atoms with Gasteiger partial charge in [0.1, 0.15) is 11.4 Å². The Bertz CT molecular complexity index is 1570. The minimum Gasteiger partial charge on any atom is -0.528 e. The van der Waals surface area contributed by atoms with Gasteiger partial charge in [-0.05, 0) is 21.8 Å². The SMILES string of the molecule is c1ccc([Si]2(c3ccccc3)Oc3cccc4c5ccccc5c5ncc2n5c34)cc1. The summed E-state index contributed by atoms with van der Waals surface area (Å²) in [6.45, 7) is 0. The second-order valence-corrected chi connectivity index (χ2v) is 11.2. The molecule has 31 heavy (non-hydrogen) atoms. The van der Waals surface area contributed by atoms with Gasteiger partial charge in [-0.15, -0.1) is 0 Å². The summed E-state index contributed by atoms with van der Waals surface area (Å²) in [4.78, 5) is 4.97. The van der Waals surface area contributed by atoms with Crippen molar-refractivity contribution < 1.29 is 4.43 Å². The maximum Gasteiger partial charge on any atom is 0.365 e. The molecule has 4 aromatic carbocycles. The normalized spacial score (nSPS) is 14.3. The molecular weight excluding hydrogens is 396 g/mol. The molecule has 0 radical (unpaired) electrons. The highest BCUT2D eigenvalue weighted by Crippen LogP contribution is 2.37. The Morgan fingerprint density at radius 2 is 1.23 bits per heavy atom. The van der Waals surface area contributed by atoms with E-state index in [1.54, 1.807) is 0 Å². The molecular formula is C27H18N2OSi. The number of nitrogens with zero attached hydrogens (tertiary/aromatic N) is 2. The average molecular weight is 415 g/mol. The molecule has 0 aliphatic carbocycles. The van der Waals surface area contributed by atoms with E-state index in [4.69, 9.17) is 9.41 Å². The van der Waals surface area contributed by atoms with Gasteiger partial charge in [-0.2, -0.15) is 0 Å². The molecule has 0 amide bonds. The van der Waals surface area contributed by atoms with Gasteiger partial charge in [-0.1, -0.05) is 97.1 Å². The summed E-state index contributed by atoms with van der Waals surface area (Å²) in [5.74, 6) is 0.929.